The van der Waals surface area contributed by atoms with Gasteiger partial charge in [0, 0.05) is 45.4 Å². The van der Waals surface area contributed by atoms with Crippen molar-refractivity contribution in [3.8, 4) is 22.3 Å². The Bertz CT molecular complexity index is 3550. The van der Waals surface area contributed by atoms with E-state index in [0.29, 0.717) is 0 Å². The molecule has 3 heterocycles. The summed E-state index contributed by atoms with van der Waals surface area (Å²) in [6.07, 6.45) is 0. The molecule has 9 aromatic carbocycles. The summed E-state index contributed by atoms with van der Waals surface area (Å²) in [5, 5.41) is 0. The number of rotatable bonds is 4. The predicted octanol–water partition coefficient (Wildman–Crippen LogP) is 16.7. The zero-order valence-corrected chi connectivity index (χ0v) is 43.4. The molecule has 1 aliphatic carbocycles. The number of hydrogen-bond acceptors (Lipinski definition) is 3. The molecule has 4 heteroatoms. The number of nitrogens with zero attached hydrogens (tertiary/aromatic N) is 3. The van der Waals surface area contributed by atoms with Gasteiger partial charge in [-0.25, -0.2) is 0 Å². The quantitative estimate of drug-likeness (QED) is 0.163. The third-order valence-electron chi connectivity index (χ3n) is 16.3. The first-order valence-electron chi connectivity index (χ1n) is 26.0. The highest BCUT2D eigenvalue weighted by molar-refractivity contribution is 6.93. The van der Waals surface area contributed by atoms with Gasteiger partial charge in [0.25, 0.3) is 0 Å². The first kappa shape index (κ1) is 44.4. The van der Waals surface area contributed by atoms with Gasteiger partial charge in [-0.3, -0.25) is 0 Å². The first-order chi connectivity index (χ1) is 34.5. The SMILES string of the molecule is Cc1cc2c3c(c1)N1c4ccccc4C4(c5ccccc5-c5ccccc54)c4cccc(c41)B3N(c1ccc(C(C)(C)C)cc1)c1cc(N(c3ccc(C(C)(C)C)cc3)c3ccc(C(C)(C)C)cc3)ccc1-2. The third-order valence-corrected chi connectivity index (χ3v) is 16.3. The summed E-state index contributed by atoms with van der Waals surface area (Å²) in [6, 6.07) is 74.9. The van der Waals surface area contributed by atoms with E-state index in [-0.39, 0.29) is 23.1 Å². The van der Waals surface area contributed by atoms with Gasteiger partial charge in [-0.1, -0.05) is 196 Å². The normalized spacial score (nSPS) is 14.6. The van der Waals surface area contributed by atoms with Gasteiger partial charge in [0.15, 0.2) is 0 Å². The van der Waals surface area contributed by atoms with Crippen molar-refractivity contribution < 1.29 is 0 Å². The molecule has 0 fully saturated rings. The second-order valence-electron chi connectivity index (χ2n) is 23.9. The molecule has 3 aliphatic heterocycles. The second kappa shape index (κ2) is 15.5. The monoisotopic (exact) mass is 932 g/mol. The molecule has 0 radical (unpaired) electrons. The molecule has 0 aromatic heterocycles. The first-order valence-corrected chi connectivity index (χ1v) is 26.0. The van der Waals surface area contributed by atoms with Crippen molar-refractivity contribution in [2.75, 3.05) is 14.6 Å². The lowest BCUT2D eigenvalue weighted by Gasteiger charge is -2.51. The van der Waals surface area contributed by atoms with Crippen LogP contribution in [0.3, 0.4) is 0 Å². The van der Waals surface area contributed by atoms with Crippen molar-refractivity contribution in [3.05, 3.63) is 239 Å². The maximum absolute atomic E-state index is 2.69. The van der Waals surface area contributed by atoms with E-state index in [1.165, 1.54) is 106 Å². The Morgan fingerprint density at radius 2 is 0.903 bits per heavy atom. The number of aryl methyl sites for hydroxylation is 1. The Labute approximate surface area is 427 Å². The topological polar surface area (TPSA) is 9.72 Å². The molecular weight excluding hydrogens is 870 g/mol. The zero-order chi connectivity index (χ0) is 49.6. The molecule has 0 unspecified atom stereocenters. The van der Waals surface area contributed by atoms with Crippen LogP contribution in [0.2, 0.25) is 0 Å². The molecule has 352 valence electrons. The van der Waals surface area contributed by atoms with Crippen LogP contribution in [-0.2, 0) is 21.7 Å². The fraction of sp³-hybridized carbons (Fsp3) is 0.206. The number of anilines is 8. The van der Waals surface area contributed by atoms with Crippen LogP contribution in [0.1, 0.15) is 107 Å². The van der Waals surface area contributed by atoms with E-state index in [4.69, 9.17) is 0 Å². The maximum Gasteiger partial charge on any atom is 0.333 e. The van der Waals surface area contributed by atoms with E-state index < -0.39 is 5.41 Å². The summed E-state index contributed by atoms with van der Waals surface area (Å²) >= 11 is 0. The Hall–Kier alpha value is -7.56. The molecule has 0 bridgehead atoms. The summed E-state index contributed by atoms with van der Waals surface area (Å²) in [6.45, 7) is 22.8. The van der Waals surface area contributed by atoms with E-state index in [1.807, 2.05) is 0 Å². The van der Waals surface area contributed by atoms with Crippen LogP contribution in [0.4, 0.5) is 45.5 Å². The van der Waals surface area contributed by atoms with Gasteiger partial charge in [-0.15, -0.1) is 0 Å². The largest absolute Gasteiger partial charge is 0.376 e. The maximum atomic E-state index is 2.69. The minimum absolute atomic E-state index is 0.00774. The fourth-order valence-corrected chi connectivity index (χ4v) is 12.9. The van der Waals surface area contributed by atoms with E-state index in [0.717, 1.165) is 17.1 Å². The molecule has 0 saturated heterocycles. The number of para-hydroxylation sites is 2. The van der Waals surface area contributed by atoms with Gasteiger partial charge in [-0.2, -0.15) is 0 Å². The third kappa shape index (κ3) is 6.37. The molecule has 72 heavy (non-hydrogen) atoms. The molecule has 13 rings (SSSR count). The molecule has 4 aliphatic rings. The molecule has 0 atom stereocenters. The van der Waals surface area contributed by atoms with E-state index in [9.17, 15) is 0 Å². The van der Waals surface area contributed by atoms with E-state index in [2.05, 4.69) is 278 Å². The Kier molecular flexibility index (Phi) is 9.54. The Balaban J connectivity index is 1.10. The molecule has 0 N–H and O–H groups in total. The average molecular weight is 932 g/mol. The van der Waals surface area contributed by atoms with Gasteiger partial charge in [0.05, 0.1) is 11.1 Å². The lowest BCUT2D eigenvalue weighted by molar-refractivity contribution is 0.590. The minimum Gasteiger partial charge on any atom is -0.376 e. The van der Waals surface area contributed by atoms with Crippen LogP contribution < -0.4 is 25.5 Å². The van der Waals surface area contributed by atoms with Crippen LogP contribution in [0.5, 0.6) is 0 Å². The molecule has 0 saturated carbocycles. The van der Waals surface area contributed by atoms with Crippen molar-refractivity contribution >= 4 is 63.3 Å². The van der Waals surface area contributed by atoms with Crippen molar-refractivity contribution in [2.24, 2.45) is 0 Å². The smallest absolute Gasteiger partial charge is 0.333 e. The fourth-order valence-electron chi connectivity index (χ4n) is 12.9. The molecule has 1 spiro atoms. The number of benzene rings is 9. The van der Waals surface area contributed by atoms with Crippen molar-refractivity contribution in [3.63, 3.8) is 0 Å². The highest BCUT2D eigenvalue weighted by Gasteiger charge is 2.55. The van der Waals surface area contributed by atoms with Crippen molar-refractivity contribution in [1.29, 1.82) is 0 Å². The van der Waals surface area contributed by atoms with Crippen LogP contribution in [0.25, 0.3) is 22.3 Å². The minimum atomic E-state index is -0.514. The van der Waals surface area contributed by atoms with Gasteiger partial charge in [0.1, 0.15) is 0 Å². The lowest BCUT2D eigenvalue weighted by Crippen LogP contribution is -2.62. The van der Waals surface area contributed by atoms with Gasteiger partial charge >= 0.3 is 6.85 Å². The Morgan fingerprint density at radius 1 is 0.403 bits per heavy atom. The van der Waals surface area contributed by atoms with Crippen LogP contribution in [0, 0.1) is 6.92 Å². The summed E-state index contributed by atoms with van der Waals surface area (Å²) in [7, 11) is 0. The number of fused-ring (bicyclic) bond motifs is 13. The molecule has 0 amide bonds. The summed E-state index contributed by atoms with van der Waals surface area (Å²) in [5.41, 5.74) is 27.5. The van der Waals surface area contributed by atoms with E-state index in [1.54, 1.807) is 0 Å². The van der Waals surface area contributed by atoms with Gasteiger partial charge in [-0.05, 0) is 156 Å². The zero-order valence-electron chi connectivity index (χ0n) is 43.4. The second-order valence-corrected chi connectivity index (χ2v) is 23.9. The van der Waals surface area contributed by atoms with Gasteiger partial charge < -0.3 is 14.6 Å². The number of hydrogen-bond donors (Lipinski definition) is 0. The summed E-state index contributed by atoms with van der Waals surface area (Å²) in [4.78, 5) is 7.79. The average Bonchev–Trinajstić information content (AvgIpc) is 3.66. The van der Waals surface area contributed by atoms with Crippen LogP contribution in [-0.4, -0.2) is 6.85 Å². The van der Waals surface area contributed by atoms with Crippen molar-refractivity contribution in [2.45, 2.75) is 90.9 Å². The lowest BCUT2D eigenvalue weighted by atomic mass is 9.42. The van der Waals surface area contributed by atoms with E-state index >= 15 is 0 Å². The van der Waals surface area contributed by atoms with Crippen LogP contribution >= 0.6 is 0 Å². The van der Waals surface area contributed by atoms with Crippen molar-refractivity contribution in [1.82, 2.24) is 0 Å². The van der Waals surface area contributed by atoms with Gasteiger partial charge in [0.2, 0.25) is 0 Å². The summed E-state index contributed by atoms with van der Waals surface area (Å²) in [5.74, 6) is 0. The molecule has 3 nitrogen and oxygen atoms in total. The Morgan fingerprint density at radius 3 is 1.47 bits per heavy atom. The highest BCUT2D eigenvalue weighted by atomic mass is 15.2. The molecule has 9 aromatic rings. The standard InChI is InChI=1S/C68H62BN3/c1-43-40-54-53-39-38-50(70(47-32-26-44(27-33-47)65(2,3)4)48-34-28-45(29-35-48)66(5,6)7)42-61(53)72(49-36-30-46(31-37-49)67(8,9)10)69-59-24-17-23-58-64(59)71(62(41-43)63(54)69)60-25-16-15-22-57(60)68(58)55-20-13-11-18-51(55)52-19-12-14-21-56(52)68/h11-42H,1-10H3. The van der Waals surface area contributed by atoms with Crippen LogP contribution in [0.15, 0.2) is 194 Å². The highest BCUT2D eigenvalue weighted by Crippen LogP contribution is 2.64. The predicted molar refractivity (Wildman–Crippen MR) is 307 cm³/mol. The summed E-state index contributed by atoms with van der Waals surface area (Å²) < 4.78 is 0. The molecular formula is C68H62BN3.